The topological polar surface area (TPSA) is 57.6 Å². The number of amides is 1. The number of carboxylic acids is 1. The standard InChI is InChI=1S/C12H13NO3S2/c1-7-6-13(11(14)12(15)16)9-4-3-8(17-2)5-10(9)18-7/h3-5,7H,6H2,1-2H3,(H,15,16). The molecule has 0 spiro atoms. The number of anilines is 1. The van der Waals surface area contributed by atoms with E-state index in [-0.39, 0.29) is 5.25 Å². The summed E-state index contributed by atoms with van der Waals surface area (Å²) in [5.74, 6) is -2.27. The molecule has 1 aliphatic rings. The molecular formula is C12H13NO3S2. The van der Waals surface area contributed by atoms with Crippen LogP contribution in [0.3, 0.4) is 0 Å². The van der Waals surface area contributed by atoms with E-state index in [0.29, 0.717) is 12.2 Å². The summed E-state index contributed by atoms with van der Waals surface area (Å²) in [7, 11) is 0. The van der Waals surface area contributed by atoms with Gasteiger partial charge in [-0.05, 0) is 24.5 Å². The van der Waals surface area contributed by atoms with Crippen LogP contribution in [0.4, 0.5) is 5.69 Å². The molecule has 1 amide bonds. The summed E-state index contributed by atoms with van der Waals surface area (Å²) in [5, 5.41) is 9.04. The zero-order chi connectivity index (χ0) is 13.3. The number of fused-ring (bicyclic) bond motifs is 1. The van der Waals surface area contributed by atoms with Crippen molar-refractivity contribution in [3.63, 3.8) is 0 Å². The van der Waals surface area contributed by atoms with Gasteiger partial charge in [-0.2, -0.15) is 0 Å². The fourth-order valence-corrected chi connectivity index (χ4v) is 3.52. The Bertz CT molecular complexity index is 504. The predicted octanol–water partition coefficient (Wildman–Crippen LogP) is 2.32. The molecule has 1 unspecified atom stereocenters. The third-order valence-electron chi connectivity index (χ3n) is 2.65. The second kappa shape index (κ2) is 5.24. The summed E-state index contributed by atoms with van der Waals surface area (Å²) >= 11 is 3.30. The van der Waals surface area contributed by atoms with Crippen LogP contribution in [0.25, 0.3) is 0 Å². The van der Waals surface area contributed by atoms with Gasteiger partial charge in [0, 0.05) is 21.6 Å². The largest absolute Gasteiger partial charge is 0.474 e. The molecule has 0 fully saturated rings. The highest BCUT2D eigenvalue weighted by Gasteiger charge is 2.30. The lowest BCUT2D eigenvalue weighted by Gasteiger charge is -2.31. The van der Waals surface area contributed by atoms with Crippen molar-refractivity contribution in [1.29, 1.82) is 0 Å². The van der Waals surface area contributed by atoms with Gasteiger partial charge in [-0.1, -0.05) is 6.92 Å². The van der Waals surface area contributed by atoms with Crippen LogP contribution in [0.2, 0.25) is 0 Å². The smallest absolute Gasteiger partial charge is 0.394 e. The molecule has 96 valence electrons. The number of carbonyl (C=O) groups is 2. The Morgan fingerprint density at radius 3 is 2.83 bits per heavy atom. The van der Waals surface area contributed by atoms with Crippen molar-refractivity contribution < 1.29 is 14.7 Å². The Kier molecular flexibility index (Phi) is 3.87. The molecule has 1 aromatic carbocycles. The lowest BCUT2D eigenvalue weighted by molar-refractivity contribution is -0.148. The van der Waals surface area contributed by atoms with E-state index in [1.54, 1.807) is 23.5 Å². The van der Waals surface area contributed by atoms with E-state index < -0.39 is 11.9 Å². The molecule has 2 rings (SSSR count). The summed E-state index contributed by atoms with van der Waals surface area (Å²) in [5.41, 5.74) is 0.698. The second-order valence-electron chi connectivity index (χ2n) is 3.98. The Hall–Kier alpha value is -1.14. The zero-order valence-electron chi connectivity index (χ0n) is 10.0. The minimum absolute atomic E-state index is 0.193. The van der Waals surface area contributed by atoms with Gasteiger partial charge in [0.05, 0.1) is 5.69 Å². The van der Waals surface area contributed by atoms with Crippen LogP contribution in [0.1, 0.15) is 6.92 Å². The van der Waals surface area contributed by atoms with Crippen molar-refractivity contribution in [2.45, 2.75) is 22.0 Å². The number of hydrogen-bond donors (Lipinski definition) is 1. The van der Waals surface area contributed by atoms with Gasteiger partial charge >= 0.3 is 11.9 Å². The third-order valence-corrected chi connectivity index (χ3v) is 4.51. The number of rotatable bonds is 1. The molecule has 0 saturated heterocycles. The second-order valence-corrected chi connectivity index (χ2v) is 6.34. The maximum absolute atomic E-state index is 11.7. The van der Waals surface area contributed by atoms with Crippen molar-refractivity contribution in [3.05, 3.63) is 18.2 Å². The molecule has 1 heterocycles. The first-order valence-corrected chi connectivity index (χ1v) is 7.53. The molecule has 0 saturated carbocycles. The molecule has 1 aromatic rings. The van der Waals surface area contributed by atoms with Gasteiger partial charge < -0.3 is 10.0 Å². The third kappa shape index (κ3) is 2.49. The molecular weight excluding hydrogens is 270 g/mol. The summed E-state index contributed by atoms with van der Waals surface area (Å²) in [6.45, 7) is 2.42. The van der Waals surface area contributed by atoms with Gasteiger partial charge in [-0.3, -0.25) is 4.79 Å². The van der Waals surface area contributed by atoms with Crippen LogP contribution in [0, 0.1) is 0 Å². The first-order valence-electron chi connectivity index (χ1n) is 5.42. The highest BCUT2D eigenvalue weighted by Crippen LogP contribution is 2.40. The SMILES string of the molecule is CSc1ccc2c(c1)SC(C)CN2C(=O)C(=O)O. The molecule has 0 bridgehead atoms. The molecule has 0 aliphatic carbocycles. The van der Waals surface area contributed by atoms with E-state index in [1.807, 2.05) is 31.4 Å². The van der Waals surface area contributed by atoms with Crippen molar-refractivity contribution in [3.8, 4) is 0 Å². The van der Waals surface area contributed by atoms with E-state index in [1.165, 1.54) is 4.90 Å². The highest BCUT2D eigenvalue weighted by molar-refractivity contribution is 8.00. The number of carboxylic acid groups (broad SMARTS) is 1. The number of nitrogens with zero attached hydrogens (tertiary/aromatic N) is 1. The van der Waals surface area contributed by atoms with Crippen LogP contribution in [0.15, 0.2) is 28.0 Å². The first-order chi connectivity index (χ1) is 8.52. The summed E-state index contributed by atoms with van der Waals surface area (Å²) in [6, 6.07) is 5.73. The fourth-order valence-electron chi connectivity index (χ4n) is 1.86. The van der Waals surface area contributed by atoms with Crippen LogP contribution < -0.4 is 4.90 Å². The van der Waals surface area contributed by atoms with Crippen LogP contribution in [-0.4, -0.2) is 35.0 Å². The summed E-state index contributed by atoms with van der Waals surface area (Å²) in [4.78, 5) is 25.9. The lowest BCUT2D eigenvalue weighted by atomic mass is 10.2. The van der Waals surface area contributed by atoms with Gasteiger partial charge in [0.1, 0.15) is 0 Å². The fraction of sp³-hybridized carbons (Fsp3) is 0.333. The Labute approximate surface area is 114 Å². The number of benzene rings is 1. The Balaban J connectivity index is 2.42. The van der Waals surface area contributed by atoms with Crippen LogP contribution >= 0.6 is 23.5 Å². The zero-order valence-corrected chi connectivity index (χ0v) is 11.7. The quantitative estimate of drug-likeness (QED) is 0.633. The highest BCUT2D eigenvalue weighted by atomic mass is 32.2. The Morgan fingerprint density at radius 1 is 1.50 bits per heavy atom. The van der Waals surface area contributed by atoms with Crippen LogP contribution in [-0.2, 0) is 9.59 Å². The van der Waals surface area contributed by atoms with Crippen molar-refractivity contribution >= 4 is 41.1 Å². The molecule has 0 aromatic heterocycles. The molecule has 4 nitrogen and oxygen atoms in total. The maximum atomic E-state index is 11.7. The van der Waals surface area contributed by atoms with Crippen molar-refractivity contribution in [2.24, 2.45) is 0 Å². The summed E-state index contributed by atoms with van der Waals surface area (Å²) < 4.78 is 0. The number of aliphatic carboxylic acids is 1. The molecule has 6 heteroatoms. The van der Waals surface area contributed by atoms with Crippen molar-refractivity contribution in [1.82, 2.24) is 0 Å². The van der Waals surface area contributed by atoms with E-state index >= 15 is 0 Å². The van der Waals surface area contributed by atoms with E-state index in [9.17, 15) is 9.59 Å². The van der Waals surface area contributed by atoms with Gasteiger partial charge in [-0.15, -0.1) is 23.5 Å². The normalized spacial score (nSPS) is 18.3. The molecule has 1 atom stereocenters. The Morgan fingerprint density at radius 2 is 2.22 bits per heavy atom. The summed E-state index contributed by atoms with van der Waals surface area (Å²) in [6.07, 6.45) is 1.98. The average Bonchev–Trinajstić information content (AvgIpc) is 2.35. The van der Waals surface area contributed by atoms with E-state index in [2.05, 4.69) is 0 Å². The van der Waals surface area contributed by atoms with Gasteiger partial charge in [-0.25, -0.2) is 4.79 Å². The molecule has 0 radical (unpaired) electrons. The average molecular weight is 283 g/mol. The van der Waals surface area contributed by atoms with Gasteiger partial charge in [0.2, 0.25) is 0 Å². The van der Waals surface area contributed by atoms with Crippen molar-refractivity contribution in [2.75, 3.05) is 17.7 Å². The molecule has 18 heavy (non-hydrogen) atoms. The van der Waals surface area contributed by atoms with Gasteiger partial charge in [0.15, 0.2) is 0 Å². The number of carbonyl (C=O) groups excluding carboxylic acids is 1. The lowest BCUT2D eigenvalue weighted by Crippen LogP contribution is -2.42. The monoisotopic (exact) mass is 283 g/mol. The predicted molar refractivity (Wildman–Crippen MR) is 73.5 cm³/mol. The van der Waals surface area contributed by atoms with Gasteiger partial charge in [0.25, 0.3) is 0 Å². The van der Waals surface area contributed by atoms with E-state index in [0.717, 1.165) is 9.79 Å². The molecule has 1 N–H and O–H groups in total. The van der Waals surface area contributed by atoms with Crippen LogP contribution in [0.5, 0.6) is 0 Å². The van der Waals surface area contributed by atoms with E-state index in [4.69, 9.17) is 5.11 Å². The maximum Gasteiger partial charge on any atom is 0.394 e. The number of thioether (sulfide) groups is 2. The minimum atomic E-state index is -1.41. The first kappa shape index (κ1) is 13.3. The number of hydrogen-bond acceptors (Lipinski definition) is 4. The minimum Gasteiger partial charge on any atom is -0.474 e. The molecule has 1 aliphatic heterocycles.